The first-order valence-corrected chi connectivity index (χ1v) is 11.2. The number of aromatic nitrogens is 4. The van der Waals surface area contributed by atoms with E-state index in [4.69, 9.17) is 16.5 Å². The highest BCUT2D eigenvalue weighted by atomic mass is 15.2. The number of benzene rings is 3. The van der Waals surface area contributed by atoms with Crippen LogP contribution in [0.15, 0.2) is 89.9 Å². The van der Waals surface area contributed by atoms with Crippen LogP contribution in [0.2, 0.25) is 0 Å². The number of nitrogens with one attached hydrogen (secondary N) is 1. The number of nitrogen functional groups attached to an aromatic ring is 1. The second-order valence-corrected chi connectivity index (χ2v) is 8.10. The third-order valence-corrected chi connectivity index (χ3v) is 5.55. The van der Waals surface area contributed by atoms with Gasteiger partial charge in [-0.05, 0) is 48.9 Å². The molecule has 0 bridgehead atoms. The Morgan fingerprint density at radius 3 is 2.46 bits per heavy atom. The molecule has 0 spiro atoms. The second-order valence-electron chi connectivity index (χ2n) is 8.10. The molecule has 172 valence electrons. The maximum absolute atomic E-state index is 6.20. The number of hydrogen-bond donors (Lipinski definition) is 3. The number of hydrogen-bond acceptors (Lipinski definition) is 6. The number of aliphatic imine (C=N–C) groups is 1. The lowest BCUT2D eigenvalue weighted by Crippen LogP contribution is -2.23. The van der Waals surface area contributed by atoms with E-state index in [9.17, 15) is 0 Å². The SMILES string of the molecule is Cc1nc2cc(N)ccc2nc1Cc1ccccc1NC(N)=Nc1ccc(-c2ccccc2)nn1. The molecule has 5 rings (SSSR count). The van der Waals surface area contributed by atoms with Gasteiger partial charge in [-0.15, -0.1) is 10.2 Å². The molecular formula is C27H24N8. The normalized spacial score (nSPS) is 11.5. The molecular weight excluding hydrogens is 436 g/mol. The zero-order chi connectivity index (χ0) is 24.2. The van der Waals surface area contributed by atoms with E-state index in [1.807, 2.05) is 85.8 Å². The summed E-state index contributed by atoms with van der Waals surface area (Å²) in [5, 5.41) is 11.6. The summed E-state index contributed by atoms with van der Waals surface area (Å²) in [6.07, 6.45) is 0.585. The van der Waals surface area contributed by atoms with Crippen LogP contribution in [-0.4, -0.2) is 26.1 Å². The monoisotopic (exact) mass is 460 g/mol. The molecule has 0 unspecified atom stereocenters. The smallest absolute Gasteiger partial charge is 0.199 e. The van der Waals surface area contributed by atoms with Crippen LogP contribution in [0.1, 0.15) is 17.0 Å². The van der Waals surface area contributed by atoms with Crippen LogP contribution in [0.4, 0.5) is 17.2 Å². The zero-order valence-corrected chi connectivity index (χ0v) is 19.2. The Labute approximate surface area is 202 Å². The molecule has 3 aromatic carbocycles. The standard InChI is InChI=1S/C27H24N8/c1-17-24(31-23-12-11-20(28)16-25(23)30-17)15-19-9-5-6-10-21(19)32-27(29)33-26-14-13-22(34-35-26)18-7-3-2-4-8-18/h2-14,16H,15,28H2,1H3,(H3,29,32,33,35). The first-order valence-electron chi connectivity index (χ1n) is 11.2. The minimum atomic E-state index is 0.219. The Kier molecular flexibility index (Phi) is 6.00. The highest BCUT2D eigenvalue weighted by Crippen LogP contribution is 2.23. The molecule has 8 heteroatoms. The number of para-hydroxylation sites is 1. The van der Waals surface area contributed by atoms with Gasteiger partial charge < -0.3 is 16.8 Å². The summed E-state index contributed by atoms with van der Waals surface area (Å²) in [6, 6.07) is 27.0. The van der Waals surface area contributed by atoms with E-state index in [1.54, 1.807) is 6.07 Å². The van der Waals surface area contributed by atoms with Crippen LogP contribution in [0.3, 0.4) is 0 Å². The molecule has 8 nitrogen and oxygen atoms in total. The minimum absolute atomic E-state index is 0.219. The Bertz CT molecular complexity index is 1510. The molecule has 0 amide bonds. The summed E-state index contributed by atoms with van der Waals surface area (Å²) >= 11 is 0. The molecule has 35 heavy (non-hydrogen) atoms. The molecule has 0 aliphatic heterocycles. The summed E-state index contributed by atoms with van der Waals surface area (Å²) in [5.41, 5.74) is 19.7. The highest BCUT2D eigenvalue weighted by Gasteiger charge is 2.10. The van der Waals surface area contributed by atoms with Crippen molar-refractivity contribution in [1.82, 2.24) is 20.2 Å². The van der Waals surface area contributed by atoms with Gasteiger partial charge in [0.25, 0.3) is 0 Å². The van der Waals surface area contributed by atoms with Gasteiger partial charge in [0.05, 0.1) is 28.1 Å². The van der Waals surface area contributed by atoms with Gasteiger partial charge in [-0.3, -0.25) is 0 Å². The van der Waals surface area contributed by atoms with Crippen molar-refractivity contribution >= 4 is 34.2 Å². The predicted octanol–water partition coefficient (Wildman–Crippen LogP) is 4.63. The van der Waals surface area contributed by atoms with Gasteiger partial charge in [0.2, 0.25) is 0 Å². The van der Waals surface area contributed by atoms with Gasteiger partial charge in [0.15, 0.2) is 11.8 Å². The second kappa shape index (κ2) is 9.56. The molecule has 5 N–H and O–H groups in total. The number of fused-ring (bicyclic) bond motifs is 1. The molecule has 5 aromatic rings. The quantitative estimate of drug-likeness (QED) is 0.198. The Morgan fingerprint density at radius 1 is 0.857 bits per heavy atom. The van der Waals surface area contributed by atoms with Crippen LogP contribution in [-0.2, 0) is 6.42 Å². The Morgan fingerprint density at radius 2 is 1.66 bits per heavy atom. The zero-order valence-electron chi connectivity index (χ0n) is 19.2. The van der Waals surface area contributed by atoms with E-state index in [1.165, 1.54) is 0 Å². The molecule has 2 aromatic heterocycles. The van der Waals surface area contributed by atoms with E-state index in [0.29, 0.717) is 17.9 Å². The van der Waals surface area contributed by atoms with Crippen molar-refractivity contribution in [2.75, 3.05) is 11.1 Å². The lowest BCUT2D eigenvalue weighted by Gasteiger charge is -2.13. The van der Waals surface area contributed by atoms with E-state index >= 15 is 0 Å². The molecule has 2 heterocycles. The Balaban J connectivity index is 1.36. The van der Waals surface area contributed by atoms with E-state index < -0.39 is 0 Å². The molecule has 0 aliphatic carbocycles. The van der Waals surface area contributed by atoms with Crippen LogP contribution >= 0.6 is 0 Å². The van der Waals surface area contributed by atoms with Gasteiger partial charge in [0, 0.05) is 23.4 Å². The summed E-state index contributed by atoms with van der Waals surface area (Å²) in [4.78, 5) is 13.9. The summed E-state index contributed by atoms with van der Waals surface area (Å²) in [5.74, 6) is 0.638. The molecule has 0 aliphatic rings. The predicted molar refractivity (Wildman–Crippen MR) is 140 cm³/mol. The van der Waals surface area contributed by atoms with Gasteiger partial charge in [0.1, 0.15) is 0 Å². The maximum Gasteiger partial charge on any atom is 0.199 e. The van der Waals surface area contributed by atoms with Crippen LogP contribution in [0, 0.1) is 6.92 Å². The number of nitrogens with two attached hydrogens (primary N) is 2. The van der Waals surface area contributed by atoms with Crippen molar-refractivity contribution in [3.8, 4) is 11.3 Å². The third-order valence-electron chi connectivity index (χ3n) is 5.55. The van der Waals surface area contributed by atoms with Crippen LogP contribution < -0.4 is 16.8 Å². The van der Waals surface area contributed by atoms with Crippen molar-refractivity contribution in [2.24, 2.45) is 10.7 Å². The van der Waals surface area contributed by atoms with Gasteiger partial charge >= 0.3 is 0 Å². The highest BCUT2D eigenvalue weighted by molar-refractivity contribution is 5.94. The van der Waals surface area contributed by atoms with Crippen molar-refractivity contribution in [1.29, 1.82) is 0 Å². The van der Waals surface area contributed by atoms with Crippen LogP contribution in [0.5, 0.6) is 0 Å². The summed E-state index contributed by atoms with van der Waals surface area (Å²) < 4.78 is 0. The van der Waals surface area contributed by atoms with E-state index in [-0.39, 0.29) is 5.96 Å². The van der Waals surface area contributed by atoms with Crippen LogP contribution in [0.25, 0.3) is 22.3 Å². The van der Waals surface area contributed by atoms with Crippen molar-refractivity contribution < 1.29 is 0 Å². The topological polar surface area (TPSA) is 128 Å². The fourth-order valence-corrected chi connectivity index (χ4v) is 3.78. The molecule has 0 saturated heterocycles. The first kappa shape index (κ1) is 22.0. The fraction of sp³-hybridized carbons (Fsp3) is 0.0741. The first-order chi connectivity index (χ1) is 17.0. The number of guanidine groups is 1. The number of nitrogens with zero attached hydrogens (tertiary/aromatic N) is 5. The number of anilines is 2. The van der Waals surface area contributed by atoms with E-state index in [0.717, 1.165) is 44.9 Å². The van der Waals surface area contributed by atoms with Gasteiger partial charge in [-0.2, -0.15) is 4.99 Å². The lowest BCUT2D eigenvalue weighted by molar-refractivity contribution is 1.02. The molecule has 0 fully saturated rings. The van der Waals surface area contributed by atoms with Crippen molar-refractivity contribution in [3.63, 3.8) is 0 Å². The largest absolute Gasteiger partial charge is 0.399 e. The molecule has 0 atom stereocenters. The van der Waals surface area contributed by atoms with Crippen molar-refractivity contribution in [3.05, 3.63) is 102 Å². The molecule has 0 saturated carbocycles. The average Bonchev–Trinajstić information content (AvgIpc) is 2.87. The minimum Gasteiger partial charge on any atom is -0.399 e. The number of aryl methyl sites for hydroxylation is 1. The van der Waals surface area contributed by atoms with Gasteiger partial charge in [-0.25, -0.2) is 9.97 Å². The summed E-state index contributed by atoms with van der Waals surface area (Å²) in [6.45, 7) is 1.95. The average molecular weight is 461 g/mol. The van der Waals surface area contributed by atoms with Crippen molar-refractivity contribution in [2.45, 2.75) is 13.3 Å². The van der Waals surface area contributed by atoms with E-state index in [2.05, 4.69) is 25.5 Å². The number of rotatable bonds is 5. The fourth-order valence-electron chi connectivity index (χ4n) is 3.78. The Hall–Kier alpha value is -4.85. The third kappa shape index (κ3) is 5.06. The lowest BCUT2D eigenvalue weighted by atomic mass is 10.1. The maximum atomic E-state index is 6.20. The molecule has 0 radical (unpaired) electrons. The van der Waals surface area contributed by atoms with Gasteiger partial charge in [-0.1, -0.05) is 48.5 Å². The summed E-state index contributed by atoms with van der Waals surface area (Å²) in [7, 11) is 0.